The Kier molecular flexibility index (Phi) is 4.80. The van der Waals surface area contributed by atoms with Crippen molar-refractivity contribution in [2.24, 2.45) is 0 Å². The summed E-state index contributed by atoms with van der Waals surface area (Å²) in [7, 11) is -3.65. The number of imide groups is 1. The van der Waals surface area contributed by atoms with Gasteiger partial charge in [0.15, 0.2) is 9.84 Å². The van der Waals surface area contributed by atoms with Gasteiger partial charge in [0.25, 0.3) is 11.8 Å². The van der Waals surface area contributed by atoms with Gasteiger partial charge in [-0.3, -0.25) is 19.7 Å². The number of halogens is 1. The highest BCUT2D eigenvalue weighted by molar-refractivity contribution is 7.91. The highest BCUT2D eigenvalue weighted by Crippen LogP contribution is 2.24. The molecule has 0 spiro atoms. The zero-order valence-electron chi connectivity index (χ0n) is 13.3. The molecule has 0 aromatic heterocycles. The fourth-order valence-corrected chi connectivity index (χ4v) is 3.89. The van der Waals surface area contributed by atoms with Gasteiger partial charge in [0.2, 0.25) is 5.91 Å². The van der Waals surface area contributed by atoms with Gasteiger partial charge in [0.05, 0.1) is 27.5 Å². The maximum absolute atomic E-state index is 12.3. The molecule has 1 heterocycles. The quantitative estimate of drug-likeness (QED) is 0.756. The Hall–Kier alpha value is -2.71. The summed E-state index contributed by atoms with van der Waals surface area (Å²) in [4.78, 5) is 35.6. The van der Waals surface area contributed by atoms with Crippen LogP contribution in [0.5, 0.6) is 0 Å². The van der Waals surface area contributed by atoms with Crippen molar-refractivity contribution < 1.29 is 22.8 Å². The lowest BCUT2D eigenvalue weighted by Gasteiger charge is -2.09. The van der Waals surface area contributed by atoms with Gasteiger partial charge in [-0.05, 0) is 36.4 Å². The van der Waals surface area contributed by atoms with Crippen LogP contribution in [0, 0.1) is 0 Å². The topological polar surface area (TPSA) is 109 Å². The number of anilines is 1. The number of hydrogen-bond donors (Lipinski definition) is 2. The van der Waals surface area contributed by atoms with Crippen molar-refractivity contribution in [1.29, 1.82) is 0 Å². The first-order chi connectivity index (χ1) is 12.3. The van der Waals surface area contributed by atoms with Crippen molar-refractivity contribution in [3.05, 3.63) is 58.6 Å². The molecule has 0 unspecified atom stereocenters. The number of amides is 3. The molecule has 3 rings (SSSR count). The predicted molar refractivity (Wildman–Crippen MR) is 95.0 cm³/mol. The molecule has 1 aliphatic rings. The van der Waals surface area contributed by atoms with Gasteiger partial charge < -0.3 is 5.32 Å². The standard InChI is InChI=1S/C17H13ClN2O5S/c18-10-4-6-11(7-5-10)26(24,25)9-8-14(21)19-13-3-1-2-12-15(13)17(23)20-16(12)22/h1-7H,8-9H2,(H,19,21)(H,20,22,23). The van der Waals surface area contributed by atoms with Crippen molar-refractivity contribution >= 4 is 44.8 Å². The van der Waals surface area contributed by atoms with Crippen molar-refractivity contribution in [3.63, 3.8) is 0 Å². The number of benzene rings is 2. The van der Waals surface area contributed by atoms with E-state index in [0.717, 1.165) is 0 Å². The van der Waals surface area contributed by atoms with Crippen molar-refractivity contribution in [1.82, 2.24) is 5.32 Å². The Morgan fingerprint density at radius 2 is 1.73 bits per heavy atom. The molecule has 0 atom stereocenters. The molecule has 7 nitrogen and oxygen atoms in total. The Morgan fingerprint density at radius 3 is 2.42 bits per heavy atom. The van der Waals surface area contributed by atoms with Gasteiger partial charge in [-0.15, -0.1) is 0 Å². The van der Waals surface area contributed by atoms with Crippen molar-refractivity contribution in [2.75, 3.05) is 11.1 Å². The van der Waals surface area contributed by atoms with Gasteiger partial charge in [-0.25, -0.2) is 8.42 Å². The van der Waals surface area contributed by atoms with Gasteiger partial charge >= 0.3 is 0 Å². The van der Waals surface area contributed by atoms with Gasteiger partial charge in [-0.1, -0.05) is 17.7 Å². The Morgan fingerprint density at radius 1 is 1.04 bits per heavy atom. The first kappa shape index (κ1) is 18.1. The van der Waals surface area contributed by atoms with E-state index in [1.54, 1.807) is 0 Å². The van der Waals surface area contributed by atoms with Crippen molar-refractivity contribution in [2.45, 2.75) is 11.3 Å². The maximum Gasteiger partial charge on any atom is 0.261 e. The molecular weight excluding hydrogens is 380 g/mol. The third kappa shape index (κ3) is 3.61. The molecule has 134 valence electrons. The monoisotopic (exact) mass is 392 g/mol. The van der Waals surface area contributed by atoms with Crippen LogP contribution in [0.3, 0.4) is 0 Å². The lowest BCUT2D eigenvalue weighted by Crippen LogP contribution is -2.21. The fraction of sp³-hybridized carbons (Fsp3) is 0.118. The molecule has 0 bridgehead atoms. The summed E-state index contributed by atoms with van der Waals surface area (Å²) in [6.07, 6.45) is -0.301. The third-order valence-electron chi connectivity index (χ3n) is 3.81. The molecule has 26 heavy (non-hydrogen) atoms. The summed E-state index contributed by atoms with van der Waals surface area (Å²) in [6, 6.07) is 10.1. The van der Waals surface area contributed by atoms with Crippen LogP contribution in [-0.4, -0.2) is 31.9 Å². The second-order valence-electron chi connectivity index (χ2n) is 5.58. The van der Waals surface area contributed by atoms with Crippen LogP contribution in [-0.2, 0) is 14.6 Å². The molecule has 2 aromatic rings. The average Bonchev–Trinajstić information content (AvgIpc) is 2.89. The average molecular weight is 393 g/mol. The van der Waals surface area contributed by atoms with Crippen LogP contribution in [0.25, 0.3) is 0 Å². The zero-order valence-corrected chi connectivity index (χ0v) is 14.9. The van der Waals surface area contributed by atoms with E-state index in [-0.39, 0.29) is 28.1 Å². The summed E-state index contributed by atoms with van der Waals surface area (Å²) in [5, 5.41) is 5.04. The van der Waals surface area contributed by atoms with E-state index in [0.29, 0.717) is 5.02 Å². The number of rotatable bonds is 5. The number of sulfone groups is 1. The van der Waals surface area contributed by atoms with E-state index < -0.39 is 33.3 Å². The lowest BCUT2D eigenvalue weighted by atomic mass is 10.1. The number of fused-ring (bicyclic) bond motifs is 1. The van der Waals surface area contributed by atoms with Crippen LogP contribution in [0.1, 0.15) is 27.1 Å². The molecule has 1 aliphatic heterocycles. The van der Waals surface area contributed by atoms with E-state index in [1.807, 2.05) is 0 Å². The minimum atomic E-state index is -3.65. The van der Waals surface area contributed by atoms with Crippen LogP contribution in [0.4, 0.5) is 5.69 Å². The Labute approximate surface area is 154 Å². The van der Waals surface area contributed by atoms with E-state index >= 15 is 0 Å². The number of carbonyl (C=O) groups excluding carboxylic acids is 3. The summed E-state index contributed by atoms with van der Waals surface area (Å²) in [5.74, 6) is -2.12. The zero-order chi connectivity index (χ0) is 18.9. The summed E-state index contributed by atoms with van der Waals surface area (Å²) < 4.78 is 24.5. The second-order valence-corrected chi connectivity index (χ2v) is 8.13. The van der Waals surface area contributed by atoms with Crippen LogP contribution >= 0.6 is 11.6 Å². The largest absolute Gasteiger partial charge is 0.325 e. The smallest absolute Gasteiger partial charge is 0.261 e. The maximum atomic E-state index is 12.3. The fourth-order valence-electron chi connectivity index (χ4n) is 2.52. The second kappa shape index (κ2) is 6.89. The number of nitrogens with one attached hydrogen (secondary N) is 2. The minimum absolute atomic E-state index is 0.0697. The van der Waals surface area contributed by atoms with E-state index in [4.69, 9.17) is 11.6 Å². The molecular formula is C17H13ClN2O5S. The Balaban J connectivity index is 1.70. The first-order valence-electron chi connectivity index (χ1n) is 7.55. The molecule has 9 heteroatoms. The predicted octanol–water partition coefficient (Wildman–Crippen LogP) is 2.03. The van der Waals surface area contributed by atoms with E-state index in [2.05, 4.69) is 10.6 Å². The highest BCUT2D eigenvalue weighted by atomic mass is 35.5. The first-order valence-corrected chi connectivity index (χ1v) is 9.58. The SMILES string of the molecule is O=C(CCS(=O)(=O)c1ccc(Cl)cc1)Nc1cccc2c1C(=O)NC2=O. The molecule has 0 radical (unpaired) electrons. The lowest BCUT2D eigenvalue weighted by molar-refractivity contribution is -0.115. The normalized spacial score (nSPS) is 13.3. The molecule has 0 saturated carbocycles. The summed E-state index contributed by atoms with van der Waals surface area (Å²) >= 11 is 5.73. The van der Waals surface area contributed by atoms with Gasteiger partial charge in [-0.2, -0.15) is 0 Å². The molecule has 0 aliphatic carbocycles. The number of carbonyl (C=O) groups is 3. The molecule has 3 amide bonds. The number of hydrogen-bond acceptors (Lipinski definition) is 5. The minimum Gasteiger partial charge on any atom is -0.325 e. The van der Waals surface area contributed by atoms with Crippen LogP contribution in [0.2, 0.25) is 5.02 Å². The van der Waals surface area contributed by atoms with E-state index in [1.165, 1.54) is 42.5 Å². The highest BCUT2D eigenvalue weighted by Gasteiger charge is 2.29. The van der Waals surface area contributed by atoms with E-state index in [9.17, 15) is 22.8 Å². The molecule has 0 saturated heterocycles. The van der Waals surface area contributed by atoms with Crippen LogP contribution < -0.4 is 10.6 Å². The Bertz CT molecular complexity index is 1020. The van der Waals surface area contributed by atoms with Crippen LogP contribution in [0.15, 0.2) is 47.4 Å². The summed E-state index contributed by atoms with van der Waals surface area (Å²) in [5.41, 5.74) is 0.410. The summed E-state index contributed by atoms with van der Waals surface area (Å²) in [6.45, 7) is 0. The molecule has 2 aromatic carbocycles. The van der Waals surface area contributed by atoms with Crippen molar-refractivity contribution in [3.8, 4) is 0 Å². The van der Waals surface area contributed by atoms with Gasteiger partial charge in [0, 0.05) is 11.4 Å². The van der Waals surface area contributed by atoms with Gasteiger partial charge in [0.1, 0.15) is 0 Å². The molecule has 0 fully saturated rings. The molecule has 2 N–H and O–H groups in total. The third-order valence-corrected chi connectivity index (χ3v) is 5.79.